The van der Waals surface area contributed by atoms with Crippen molar-refractivity contribution in [1.29, 1.82) is 0 Å². The van der Waals surface area contributed by atoms with Crippen molar-refractivity contribution in [2.24, 2.45) is 0 Å². The third kappa shape index (κ3) is 3.87. The molecule has 0 fully saturated rings. The monoisotopic (exact) mass is 406 g/mol. The minimum atomic E-state index is -4.53. The van der Waals surface area contributed by atoms with Gasteiger partial charge < -0.3 is 5.32 Å². The van der Waals surface area contributed by atoms with Gasteiger partial charge in [0.1, 0.15) is 0 Å². The quantitative estimate of drug-likeness (QED) is 0.667. The van der Waals surface area contributed by atoms with Crippen molar-refractivity contribution in [3.8, 4) is 0 Å². The van der Waals surface area contributed by atoms with Gasteiger partial charge in [0.25, 0.3) is 0 Å². The molecule has 0 atom stereocenters. The predicted octanol–water partition coefficient (Wildman–Crippen LogP) is 4.71. The number of fused-ring (bicyclic) bond motifs is 1. The summed E-state index contributed by atoms with van der Waals surface area (Å²) in [5, 5.41) is 3.75. The molecule has 28 heavy (non-hydrogen) atoms. The number of sulfone groups is 1. The first-order valence-corrected chi connectivity index (χ1v) is 9.87. The molecule has 8 heteroatoms. The molecule has 0 saturated heterocycles. The molecule has 0 amide bonds. The van der Waals surface area contributed by atoms with Crippen LogP contribution >= 0.6 is 0 Å². The van der Waals surface area contributed by atoms with Gasteiger partial charge in [-0.2, -0.15) is 13.2 Å². The van der Waals surface area contributed by atoms with Crippen LogP contribution in [0.1, 0.15) is 18.1 Å². The Kier molecular flexibility index (Phi) is 5.42. The largest absolute Gasteiger partial charge is 0.416 e. The van der Waals surface area contributed by atoms with Crippen LogP contribution < -0.4 is 5.32 Å². The van der Waals surface area contributed by atoms with Gasteiger partial charge in [0.2, 0.25) is 9.84 Å². The van der Waals surface area contributed by atoms with Crippen LogP contribution in [-0.4, -0.2) is 13.4 Å². The van der Waals surface area contributed by atoms with Gasteiger partial charge >= 0.3 is 6.18 Å². The molecule has 0 radical (unpaired) electrons. The first-order valence-electron chi connectivity index (χ1n) is 8.38. The summed E-state index contributed by atoms with van der Waals surface area (Å²) < 4.78 is 64.3. The summed E-state index contributed by atoms with van der Waals surface area (Å²) in [6, 6.07) is 10.0. The molecule has 2 aromatic carbocycles. The Hall–Kier alpha value is -2.87. The Labute approximate surface area is 160 Å². The average molecular weight is 406 g/mol. The van der Waals surface area contributed by atoms with E-state index in [9.17, 15) is 21.6 Å². The van der Waals surface area contributed by atoms with Crippen LogP contribution in [0.5, 0.6) is 0 Å². The first kappa shape index (κ1) is 19.9. The van der Waals surface area contributed by atoms with Crippen molar-refractivity contribution in [3.05, 3.63) is 78.1 Å². The van der Waals surface area contributed by atoms with E-state index in [1.54, 1.807) is 24.4 Å². The number of halogens is 3. The highest BCUT2D eigenvalue weighted by Gasteiger charge is 2.31. The summed E-state index contributed by atoms with van der Waals surface area (Å²) in [4.78, 5) is 3.95. The molecule has 1 heterocycles. The van der Waals surface area contributed by atoms with Gasteiger partial charge in [-0.05, 0) is 55.1 Å². The lowest BCUT2D eigenvalue weighted by molar-refractivity contribution is -0.137. The summed E-state index contributed by atoms with van der Waals surface area (Å²) in [5.41, 5.74) is 0.231. The highest BCUT2D eigenvalue weighted by molar-refractivity contribution is 7.91. The second-order valence-corrected chi connectivity index (χ2v) is 7.95. The van der Waals surface area contributed by atoms with Crippen LogP contribution in [0.25, 0.3) is 10.9 Å². The van der Waals surface area contributed by atoms with Crippen LogP contribution in [0, 0.1) is 0 Å². The molecule has 1 aromatic heterocycles. The molecule has 0 spiro atoms. The minimum absolute atomic E-state index is 0.0438. The molecule has 3 rings (SSSR count). The Balaban J connectivity index is 2.08. The number of pyridine rings is 1. The van der Waals surface area contributed by atoms with Crippen molar-refractivity contribution in [3.63, 3.8) is 0 Å². The summed E-state index contributed by atoms with van der Waals surface area (Å²) in [5.74, 6) is 0. The van der Waals surface area contributed by atoms with Crippen LogP contribution in [0.2, 0.25) is 0 Å². The lowest BCUT2D eigenvalue weighted by Crippen LogP contribution is -2.09. The SMILES string of the molecule is CC=CNCc1ccc(S(=O)(=O)c2ccc(C(F)(F)F)cc2)c2ncccc12. The summed E-state index contributed by atoms with van der Waals surface area (Å²) in [6.07, 6.45) is 0.564. The van der Waals surface area contributed by atoms with Gasteiger partial charge in [-0.1, -0.05) is 18.2 Å². The van der Waals surface area contributed by atoms with Gasteiger partial charge in [-0.3, -0.25) is 4.98 Å². The number of rotatable bonds is 5. The summed E-state index contributed by atoms with van der Waals surface area (Å²) in [7, 11) is -4.03. The fourth-order valence-electron chi connectivity index (χ4n) is 2.81. The van der Waals surface area contributed by atoms with E-state index in [1.165, 1.54) is 12.3 Å². The zero-order valence-electron chi connectivity index (χ0n) is 14.9. The average Bonchev–Trinajstić information content (AvgIpc) is 2.67. The van der Waals surface area contributed by atoms with Crippen LogP contribution in [0.15, 0.2) is 76.8 Å². The van der Waals surface area contributed by atoms with Crippen molar-refractivity contribution >= 4 is 20.7 Å². The van der Waals surface area contributed by atoms with E-state index in [0.29, 0.717) is 11.9 Å². The van der Waals surface area contributed by atoms with Crippen LogP contribution in [0.3, 0.4) is 0 Å². The third-order valence-corrected chi connectivity index (χ3v) is 5.98. The molecule has 4 nitrogen and oxygen atoms in total. The van der Waals surface area contributed by atoms with Gasteiger partial charge in [0, 0.05) is 18.1 Å². The fourth-order valence-corrected chi connectivity index (χ4v) is 4.23. The number of allylic oxidation sites excluding steroid dienone is 1. The molecule has 1 N–H and O–H groups in total. The minimum Gasteiger partial charge on any atom is -0.387 e. The van der Waals surface area contributed by atoms with E-state index in [2.05, 4.69) is 10.3 Å². The lowest BCUT2D eigenvalue weighted by Gasteiger charge is -2.12. The van der Waals surface area contributed by atoms with E-state index in [1.807, 2.05) is 13.0 Å². The maximum absolute atomic E-state index is 13.0. The van der Waals surface area contributed by atoms with Gasteiger partial charge in [-0.15, -0.1) is 0 Å². The van der Waals surface area contributed by atoms with Gasteiger partial charge in [0.15, 0.2) is 0 Å². The second-order valence-electron chi connectivity index (χ2n) is 6.03. The Morgan fingerprint density at radius 3 is 2.43 bits per heavy atom. The smallest absolute Gasteiger partial charge is 0.387 e. The first-order chi connectivity index (χ1) is 13.2. The van der Waals surface area contributed by atoms with E-state index >= 15 is 0 Å². The van der Waals surface area contributed by atoms with Gasteiger partial charge in [0.05, 0.1) is 20.9 Å². The molecule has 0 aliphatic carbocycles. The molecule has 3 aromatic rings. The standard InChI is InChI=1S/C20H17F3N2O2S/c1-2-11-24-13-14-5-10-18(19-17(14)4-3-12-25-19)28(26,27)16-8-6-15(7-9-16)20(21,22)23/h2-12,24H,13H2,1H3. The lowest BCUT2D eigenvalue weighted by atomic mass is 10.1. The molecule has 146 valence electrons. The Morgan fingerprint density at radius 2 is 1.79 bits per heavy atom. The van der Waals surface area contributed by atoms with Gasteiger partial charge in [-0.25, -0.2) is 8.42 Å². The van der Waals surface area contributed by atoms with E-state index in [0.717, 1.165) is 29.8 Å². The summed E-state index contributed by atoms with van der Waals surface area (Å²) in [6.45, 7) is 2.35. The normalized spacial score (nSPS) is 12.6. The number of aromatic nitrogens is 1. The number of nitrogens with one attached hydrogen (secondary N) is 1. The highest BCUT2D eigenvalue weighted by Crippen LogP contribution is 2.32. The zero-order valence-corrected chi connectivity index (χ0v) is 15.7. The third-order valence-electron chi connectivity index (χ3n) is 4.18. The second kappa shape index (κ2) is 7.63. The molecular formula is C20H17F3N2O2S. The van der Waals surface area contributed by atoms with Crippen LogP contribution in [0.4, 0.5) is 13.2 Å². The van der Waals surface area contributed by atoms with E-state index < -0.39 is 21.6 Å². The molecule has 0 bridgehead atoms. The molecule has 0 unspecified atom stereocenters. The van der Waals surface area contributed by atoms with Crippen molar-refractivity contribution < 1.29 is 21.6 Å². The van der Waals surface area contributed by atoms with E-state index in [4.69, 9.17) is 0 Å². The van der Waals surface area contributed by atoms with Crippen molar-refractivity contribution in [2.75, 3.05) is 0 Å². The number of alkyl halides is 3. The number of hydrogen-bond acceptors (Lipinski definition) is 4. The van der Waals surface area contributed by atoms with Crippen LogP contribution in [-0.2, 0) is 22.6 Å². The van der Waals surface area contributed by atoms with E-state index in [-0.39, 0.29) is 15.3 Å². The fraction of sp³-hybridized carbons (Fsp3) is 0.150. The molecule has 0 aliphatic rings. The highest BCUT2D eigenvalue weighted by atomic mass is 32.2. The maximum atomic E-state index is 13.0. The van der Waals surface area contributed by atoms with Crippen molar-refractivity contribution in [1.82, 2.24) is 10.3 Å². The summed E-state index contributed by atoms with van der Waals surface area (Å²) >= 11 is 0. The maximum Gasteiger partial charge on any atom is 0.416 e. The molecular weight excluding hydrogens is 389 g/mol. The predicted molar refractivity (Wildman–Crippen MR) is 100 cm³/mol. The Morgan fingerprint density at radius 1 is 1.07 bits per heavy atom. The Bertz CT molecular complexity index is 1120. The number of nitrogens with zero attached hydrogens (tertiary/aromatic N) is 1. The topological polar surface area (TPSA) is 59.1 Å². The molecule has 0 saturated carbocycles. The zero-order chi connectivity index (χ0) is 20.4. The molecule has 0 aliphatic heterocycles. The number of hydrogen-bond donors (Lipinski definition) is 1. The number of benzene rings is 2. The van der Waals surface area contributed by atoms with Crippen molar-refractivity contribution in [2.45, 2.75) is 29.4 Å².